The fraction of sp³-hybridized carbons (Fsp3) is 0.367. The number of rotatable bonds is 7. The lowest BCUT2D eigenvalue weighted by Gasteiger charge is -2.34. The van der Waals surface area contributed by atoms with Crippen molar-refractivity contribution < 1.29 is 22.4 Å². The molecule has 0 aliphatic carbocycles. The van der Waals surface area contributed by atoms with Crippen molar-refractivity contribution in [3.8, 4) is 0 Å². The van der Waals surface area contributed by atoms with Gasteiger partial charge < -0.3 is 15.1 Å². The number of piperazine rings is 1. The molecule has 1 N–H and O–H groups in total. The summed E-state index contributed by atoms with van der Waals surface area (Å²) in [6, 6.07) is 16.6. The molecule has 2 saturated heterocycles. The van der Waals surface area contributed by atoms with E-state index in [1.807, 2.05) is 12.1 Å². The largest absolute Gasteiger partial charge is 0.371 e. The molecular formula is C30H34FN5O4S. The van der Waals surface area contributed by atoms with E-state index in [4.69, 9.17) is 0 Å². The lowest BCUT2D eigenvalue weighted by Crippen LogP contribution is -2.48. The summed E-state index contributed by atoms with van der Waals surface area (Å²) < 4.78 is 36.5. The van der Waals surface area contributed by atoms with Gasteiger partial charge in [-0.25, -0.2) is 12.8 Å². The zero-order valence-corrected chi connectivity index (χ0v) is 23.8. The van der Waals surface area contributed by atoms with E-state index in [1.165, 1.54) is 24.6 Å². The summed E-state index contributed by atoms with van der Waals surface area (Å²) in [5, 5.41) is 3.07. The van der Waals surface area contributed by atoms with Crippen LogP contribution in [-0.4, -0.2) is 86.6 Å². The average molecular weight is 580 g/mol. The second kappa shape index (κ2) is 12.4. The Morgan fingerprint density at radius 3 is 2.15 bits per heavy atom. The summed E-state index contributed by atoms with van der Waals surface area (Å²) in [5.74, 6) is -0.629. The van der Waals surface area contributed by atoms with Gasteiger partial charge in [-0.05, 0) is 66.9 Å². The molecule has 2 amide bonds. The molecule has 5 rings (SSSR count). The van der Waals surface area contributed by atoms with Crippen LogP contribution >= 0.6 is 0 Å². The minimum atomic E-state index is -3.23. The number of aromatic nitrogens is 1. The molecule has 1 aromatic heterocycles. The van der Waals surface area contributed by atoms with Crippen molar-refractivity contribution in [3.05, 3.63) is 89.5 Å². The quantitative estimate of drug-likeness (QED) is 0.459. The highest BCUT2D eigenvalue weighted by Crippen LogP contribution is 2.22. The highest BCUT2D eigenvalue weighted by Gasteiger charge is 2.25. The molecule has 2 aliphatic heterocycles. The van der Waals surface area contributed by atoms with Gasteiger partial charge in [-0.2, -0.15) is 0 Å². The Kier molecular flexibility index (Phi) is 8.65. The van der Waals surface area contributed by atoms with Crippen molar-refractivity contribution >= 4 is 27.3 Å². The highest BCUT2D eigenvalue weighted by atomic mass is 32.2. The Bertz CT molecular complexity index is 1460. The van der Waals surface area contributed by atoms with Crippen molar-refractivity contribution in [3.63, 3.8) is 0 Å². The normalized spacial score (nSPS) is 16.9. The number of nitrogens with one attached hydrogen (secondary N) is 1. The summed E-state index contributed by atoms with van der Waals surface area (Å²) in [6.07, 6.45) is 4.16. The first-order valence-corrected chi connectivity index (χ1v) is 15.6. The molecule has 0 bridgehead atoms. The van der Waals surface area contributed by atoms with E-state index in [0.717, 1.165) is 37.2 Å². The third-order valence-corrected chi connectivity index (χ3v) is 8.81. The molecule has 0 atom stereocenters. The summed E-state index contributed by atoms with van der Waals surface area (Å²) >= 11 is 0. The minimum absolute atomic E-state index is 0.0153. The Morgan fingerprint density at radius 1 is 0.902 bits per heavy atom. The zero-order chi connectivity index (χ0) is 29.0. The van der Waals surface area contributed by atoms with E-state index in [-0.39, 0.29) is 23.7 Å². The second-order valence-electron chi connectivity index (χ2n) is 10.6. The van der Waals surface area contributed by atoms with Crippen molar-refractivity contribution in [1.29, 1.82) is 0 Å². The maximum Gasteiger partial charge on any atom is 0.272 e. The number of carbonyl (C=O) groups is 2. The third-order valence-electron chi connectivity index (χ3n) is 7.68. The number of amides is 2. The van der Waals surface area contributed by atoms with Crippen molar-refractivity contribution in [2.45, 2.75) is 30.3 Å². The van der Waals surface area contributed by atoms with Crippen molar-refractivity contribution in [2.75, 3.05) is 50.4 Å². The van der Waals surface area contributed by atoms with E-state index < -0.39 is 9.84 Å². The van der Waals surface area contributed by atoms with Gasteiger partial charge in [0, 0.05) is 70.0 Å². The number of anilines is 1. The highest BCUT2D eigenvalue weighted by molar-refractivity contribution is 7.90. The molecule has 2 aromatic carbocycles. The van der Waals surface area contributed by atoms with Gasteiger partial charge in [0.05, 0.1) is 10.5 Å². The predicted molar refractivity (Wildman–Crippen MR) is 154 cm³/mol. The topological polar surface area (TPSA) is 103 Å². The molecular weight excluding hydrogens is 545 g/mol. The Morgan fingerprint density at radius 2 is 1.56 bits per heavy atom. The van der Waals surface area contributed by atoms with Crippen LogP contribution in [0.15, 0.2) is 71.8 Å². The van der Waals surface area contributed by atoms with Crippen LogP contribution in [0.2, 0.25) is 0 Å². The minimum Gasteiger partial charge on any atom is -0.371 e. The summed E-state index contributed by atoms with van der Waals surface area (Å²) in [4.78, 5) is 36.6. The van der Waals surface area contributed by atoms with Crippen LogP contribution in [0.5, 0.6) is 0 Å². The van der Waals surface area contributed by atoms with Gasteiger partial charge in [0.25, 0.3) is 11.8 Å². The van der Waals surface area contributed by atoms with Crippen LogP contribution in [0.3, 0.4) is 0 Å². The maximum absolute atomic E-state index is 13.1. The van der Waals surface area contributed by atoms with Gasteiger partial charge >= 0.3 is 0 Å². The molecule has 0 saturated carbocycles. The number of piperidine rings is 1. The third kappa shape index (κ3) is 7.28. The van der Waals surface area contributed by atoms with Crippen LogP contribution in [0, 0.1) is 5.82 Å². The van der Waals surface area contributed by atoms with Gasteiger partial charge in [-0.3, -0.25) is 19.5 Å². The smallest absolute Gasteiger partial charge is 0.272 e. The van der Waals surface area contributed by atoms with Gasteiger partial charge in [0.1, 0.15) is 11.5 Å². The second-order valence-corrected chi connectivity index (χ2v) is 12.6. The Balaban J connectivity index is 1.07. The first-order chi connectivity index (χ1) is 19.7. The number of benzene rings is 2. The van der Waals surface area contributed by atoms with Crippen molar-refractivity contribution in [2.24, 2.45) is 0 Å². The first-order valence-electron chi connectivity index (χ1n) is 13.7. The Hall–Kier alpha value is -3.83. The van der Waals surface area contributed by atoms with Crippen LogP contribution in [-0.2, 0) is 16.4 Å². The molecule has 2 aliphatic rings. The summed E-state index contributed by atoms with van der Waals surface area (Å²) in [7, 11) is -3.23. The SMILES string of the molecule is CS(=O)(=O)c1ccc(N2CCC(NC(=O)c3ccc(C(=O)N4CCN(Cc5ccc(F)cc5)CC4)nc3)CC2)cc1. The number of hydrogen-bond donors (Lipinski definition) is 1. The van der Waals surface area contributed by atoms with E-state index in [1.54, 1.807) is 41.3 Å². The molecule has 216 valence electrons. The Labute approximate surface area is 239 Å². The number of hydrogen-bond acceptors (Lipinski definition) is 7. The lowest BCUT2D eigenvalue weighted by molar-refractivity contribution is 0.0622. The number of halogens is 1. The first kappa shape index (κ1) is 28.7. The molecule has 2 fully saturated rings. The van der Waals surface area contributed by atoms with Gasteiger partial charge in [0.15, 0.2) is 9.84 Å². The van der Waals surface area contributed by atoms with E-state index in [0.29, 0.717) is 48.9 Å². The molecule has 0 spiro atoms. The lowest BCUT2D eigenvalue weighted by atomic mass is 10.0. The summed E-state index contributed by atoms with van der Waals surface area (Å²) in [5.41, 5.74) is 2.71. The number of nitrogens with zero attached hydrogens (tertiary/aromatic N) is 4. The van der Waals surface area contributed by atoms with E-state index in [2.05, 4.69) is 20.1 Å². The molecule has 41 heavy (non-hydrogen) atoms. The molecule has 9 nitrogen and oxygen atoms in total. The van der Waals surface area contributed by atoms with Gasteiger partial charge in [-0.1, -0.05) is 12.1 Å². The molecule has 3 heterocycles. The molecule has 11 heteroatoms. The predicted octanol–water partition coefficient (Wildman–Crippen LogP) is 2.98. The summed E-state index contributed by atoms with van der Waals surface area (Å²) in [6.45, 7) is 4.78. The molecule has 0 unspecified atom stereocenters. The van der Waals surface area contributed by atoms with Gasteiger partial charge in [-0.15, -0.1) is 0 Å². The number of carbonyl (C=O) groups excluding carboxylic acids is 2. The van der Waals surface area contributed by atoms with Gasteiger partial charge in [0.2, 0.25) is 0 Å². The monoisotopic (exact) mass is 579 g/mol. The fourth-order valence-corrected chi connectivity index (χ4v) is 5.86. The maximum atomic E-state index is 13.1. The number of pyridine rings is 1. The molecule has 0 radical (unpaired) electrons. The average Bonchev–Trinajstić information content (AvgIpc) is 2.98. The van der Waals surface area contributed by atoms with Crippen LogP contribution in [0.25, 0.3) is 0 Å². The molecule has 3 aromatic rings. The van der Waals surface area contributed by atoms with Crippen LogP contribution in [0.1, 0.15) is 39.3 Å². The number of sulfone groups is 1. The van der Waals surface area contributed by atoms with Crippen molar-refractivity contribution in [1.82, 2.24) is 20.1 Å². The van der Waals surface area contributed by atoms with E-state index in [9.17, 15) is 22.4 Å². The van der Waals surface area contributed by atoms with E-state index >= 15 is 0 Å². The van der Waals surface area contributed by atoms with Crippen LogP contribution in [0.4, 0.5) is 10.1 Å². The zero-order valence-electron chi connectivity index (χ0n) is 23.0. The standard InChI is InChI=1S/C30H34FN5O4S/c1-41(39,40)27-9-7-26(8-10-27)35-14-12-25(13-15-35)33-29(37)23-4-11-28(32-20-23)30(38)36-18-16-34(17-19-36)21-22-2-5-24(31)6-3-22/h2-11,20,25H,12-19,21H2,1H3,(H,33,37). The fourth-order valence-electron chi connectivity index (χ4n) is 5.23. The van der Waals surface area contributed by atoms with Crippen LogP contribution < -0.4 is 10.2 Å².